The summed E-state index contributed by atoms with van der Waals surface area (Å²) in [6, 6.07) is 12.7. The Morgan fingerprint density at radius 2 is 1.88 bits per heavy atom. The monoisotopic (exact) mass is 461 g/mol. The van der Waals surface area contributed by atoms with E-state index in [4.69, 9.17) is 4.74 Å². The lowest BCUT2D eigenvalue weighted by atomic mass is 10.1. The van der Waals surface area contributed by atoms with Crippen molar-refractivity contribution < 1.29 is 14.3 Å². The number of esters is 1. The average Bonchev–Trinajstić information content (AvgIpc) is 3.25. The number of benzene rings is 2. The van der Waals surface area contributed by atoms with Gasteiger partial charge in [0.25, 0.3) is 5.56 Å². The van der Waals surface area contributed by atoms with Gasteiger partial charge in [0.05, 0.1) is 34.2 Å². The van der Waals surface area contributed by atoms with Crippen molar-refractivity contribution in [3.05, 3.63) is 69.9 Å². The summed E-state index contributed by atoms with van der Waals surface area (Å²) < 4.78 is 6.62. The van der Waals surface area contributed by atoms with E-state index in [1.165, 1.54) is 0 Å². The number of aryl methyl sites for hydroxylation is 2. The highest BCUT2D eigenvalue weighted by Gasteiger charge is 2.15. The molecule has 2 aromatic carbocycles. The molecule has 9 heteroatoms. The van der Waals surface area contributed by atoms with Gasteiger partial charge in [-0.1, -0.05) is 12.1 Å². The first-order valence-electron chi connectivity index (χ1n) is 11.4. The number of carbonyl (C=O) groups excluding carboxylic acids is 2. The first-order valence-corrected chi connectivity index (χ1v) is 11.4. The van der Waals surface area contributed by atoms with E-state index in [-0.39, 0.29) is 30.9 Å². The van der Waals surface area contributed by atoms with Crippen molar-refractivity contribution in [3.63, 3.8) is 0 Å². The van der Waals surface area contributed by atoms with Gasteiger partial charge in [-0.15, -0.1) is 0 Å². The second-order valence-corrected chi connectivity index (χ2v) is 7.83. The van der Waals surface area contributed by atoms with Crippen LogP contribution in [-0.2, 0) is 28.9 Å². The molecule has 0 spiro atoms. The lowest BCUT2D eigenvalue weighted by molar-refractivity contribution is -0.121. The number of nitrogens with one attached hydrogen (secondary N) is 2. The molecule has 2 N–H and O–H groups in total. The zero-order valence-electron chi connectivity index (χ0n) is 19.3. The highest BCUT2D eigenvalue weighted by Crippen LogP contribution is 2.15. The molecule has 2 aromatic heterocycles. The minimum atomic E-state index is -0.442. The zero-order valence-corrected chi connectivity index (χ0v) is 19.3. The molecule has 1 amide bonds. The molecule has 0 aliphatic rings. The molecule has 0 unspecified atom stereocenters. The second-order valence-electron chi connectivity index (χ2n) is 7.83. The molecule has 4 rings (SSSR count). The van der Waals surface area contributed by atoms with Gasteiger partial charge in [0.1, 0.15) is 11.5 Å². The molecule has 34 heavy (non-hydrogen) atoms. The topological polar surface area (TPSA) is 119 Å². The number of rotatable bonds is 9. The number of H-pyrrole nitrogens is 1. The SMILES string of the molecule is CCOC(=O)c1ccc2nc(CCC(=O)NCCc3nc4ccccc4[nH]3)c(=O)n(CC)c2c1. The molecule has 4 aromatic rings. The number of carbonyl (C=O) groups is 2. The normalized spacial score (nSPS) is 11.1. The zero-order chi connectivity index (χ0) is 24.1. The van der Waals surface area contributed by atoms with Crippen molar-refractivity contribution in [1.82, 2.24) is 24.8 Å². The minimum absolute atomic E-state index is 0.151. The standard InChI is InChI=1S/C25H27N5O4/c1-3-30-21-15-16(25(33)34-4-2)9-10-19(21)27-20(24(30)32)11-12-23(31)26-14-13-22-28-17-7-5-6-8-18(17)29-22/h5-10,15H,3-4,11-14H2,1-2H3,(H,26,31)(H,28,29). The molecule has 0 fully saturated rings. The van der Waals surface area contributed by atoms with Gasteiger partial charge < -0.3 is 19.6 Å². The van der Waals surface area contributed by atoms with Crippen LogP contribution in [0.15, 0.2) is 47.3 Å². The number of aromatic nitrogens is 4. The molecule has 0 radical (unpaired) electrons. The molecule has 0 aliphatic heterocycles. The minimum Gasteiger partial charge on any atom is -0.462 e. The molecule has 0 bridgehead atoms. The number of para-hydroxylation sites is 2. The molecule has 0 saturated heterocycles. The van der Waals surface area contributed by atoms with Crippen molar-refractivity contribution in [1.29, 1.82) is 0 Å². The Kier molecular flexibility index (Phi) is 7.01. The number of imidazole rings is 1. The van der Waals surface area contributed by atoms with E-state index in [9.17, 15) is 14.4 Å². The van der Waals surface area contributed by atoms with Gasteiger partial charge >= 0.3 is 5.97 Å². The number of aromatic amines is 1. The Bertz CT molecular complexity index is 1370. The number of hydrogen-bond donors (Lipinski definition) is 2. The van der Waals surface area contributed by atoms with Crippen LogP contribution in [0.5, 0.6) is 0 Å². The lowest BCUT2D eigenvalue weighted by Gasteiger charge is -2.12. The fourth-order valence-electron chi connectivity index (χ4n) is 3.88. The third-order valence-corrected chi connectivity index (χ3v) is 5.55. The largest absolute Gasteiger partial charge is 0.462 e. The molecule has 176 valence electrons. The van der Waals surface area contributed by atoms with E-state index >= 15 is 0 Å². The van der Waals surface area contributed by atoms with E-state index in [1.54, 1.807) is 29.7 Å². The van der Waals surface area contributed by atoms with E-state index in [1.807, 2.05) is 31.2 Å². The Morgan fingerprint density at radius 3 is 2.65 bits per heavy atom. The van der Waals surface area contributed by atoms with Gasteiger partial charge in [-0.2, -0.15) is 0 Å². The fourth-order valence-corrected chi connectivity index (χ4v) is 3.88. The van der Waals surface area contributed by atoms with Crippen LogP contribution in [0.2, 0.25) is 0 Å². The third kappa shape index (κ3) is 4.98. The smallest absolute Gasteiger partial charge is 0.338 e. The lowest BCUT2D eigenvalue weighted by Crippen LogP contribution is -2.29. The number of fused-ring (bicyclic) bond motifs is 2. The van der Waals surface area contributed by atoms with Gasteiger partial charge in [-0.05, 0) is 44.2 Å². The highest BCUT2D eigenvalue weighted by atomic mass is 16.5. The molecule has 0 atom stereocenters. The summed E-state index contributed by atoms with van der Waals surface area (Å²) in [5.41, 5.74) is 3.46. The van der Waals surface area contributed by atoms with Gasteiger partial charge in [0.2, 0.25) is 5.91 Å². The molecular weight excluding hydrogens is 434 g/mol. The van der Waals surface area contributed by atoms with Crippen molar-refractivity contribution in [2.24, 2.45) is 0 Å². The Morgan fingerprint density at radius 1 is 1.06 bits per heavy atom. The molecular formula is C25H27N5O4. The summed E-state index contributed by atoms with van der Waals surface area (Å²) >= 11 is 0. The van der Waals surface area contributed by atoms with Crippen LogP contribution in [0, 0.1) is 0 Å². The predicted octanol–water partition coefficient (Wildman–Crippen LogP) is 2.76. The first kappa shape index (κ1) is 23.2. The summed E-state index contributed by atoms with van der Waals surface area (Å²) in [4.78, 5) is 49.6. The average molecular weight is 462 g/mol. The van der Waals surface area contributed by atoms with Gasteiger partial charge in [-0.3, -0.25) is 9.59 Å². The van der Waals surface area contributed by atoms with Crippen LogP contribution in [0.4, 0.5) is 0 Å². The molecule has 0 saturated carbocycles. The summed E-state index contributed by atoms with van der Waals surface area (Å²) in [5.74, 6) is 0.215. The quantitative estimate of drug-likeness (QED) is 0.370. The molecule has 9 nitrogen and oxygen atoms in total. The van der Waals surface area contributed by atoms with Gasteiger partial charge in [-0.25, -0.2) is 14.8 Å². The first-order chi connectivity index (χ1) is 16.5. The van der Waals surface area contributed by atoms with Crippen molar-refractivity contribution in [2.45, 2.75) is 39.7 Å². The van der Waals surface area contributed by atoms with E-state index in [0.29, 0.717) is 41.8 Å². The maximum Gasteiger partial charge on any atom is 0.338 e. The second kappa shape index (κ2) is 10.3. The number of nitrogens with zero attached hydrogens (tertiary/aromatic N) is 3. The van der Waals surface area contributed by atoms with Crippen molar-refractivity contribution >= 4 is 33.9 Å². The number of hydrogen-bond acceptors (Lipinski definition) is 6. The maximum absolute atomic E-state index is 13.0. The van der Waals surface area contributed by atoms with E-state index < -0.39 is 5.97 Å². The van der Waals surface area contributed by atoms with E-state index in [0.717, 1.165) is 16.9 Å². The number of amides is 1. The fraction of sp³-hybridized carbons (Fsp3) is 0.320. The van der Waals surface area contributed by atoms with Gasteiger partial charge in [0.15, 0.2) is 0 Å². The van der Waals surface area contributed by atoms with Crippen LogP contribution in [0.25, 0.3) is 22.1 Å². The summed E-state index contributed by atoms with van der Waals surface area (Å²) in [6.45, 7) is 4.73. The van der Waals surface area contributed by atoms with Crippen LogP contribution < -0.4 is 10.9 Å². The van der Waals surface area contributed by atoms with Crippen LogP contribution in [-0.4, -0.2) is 44.5 Å². The molecule has 2 heterocycles. The van der Waals surface area contributed by atoms with Crippen molar-refractivity contribution in [3.8, 4) is 0 Å². The van der Waals surface area contributed by atoms with Crippen LogP contribution in [0.3, 0.4) is 0 Å². The number of ether oxygens (including phenoxy) is 1. The summed E-state index contributed by atoms with van der Waals surface area (Å²) in [5, 5.41) is 2.88. The molecule has 0 aliphatic carbocycles. The van der Waals surface area contributed by atoms with Crippen LogP contribution >= 0.6 is 0 Å². The maximum atomic E-state index is 13.0. The Hall–Kier alpha value is -4.01. The Balaban J connectivity index is 1.40. The predicted molar refractivity (Wildman–Crippen MR) is 129 cm³/mol. The van der Waals surface area contributed by atoms with E-state index in [2.05, 4.69) is 20.3 Å². The van der Waals surface area contributed by atoms with Crippen LogP contribution in [0.1, 0.15) is 42.1 Å². The summed E-state index contributed by atoms with van der Waals surface area (Å²) in [6.07, 6.45) is 0.962. The van der Waals surface area contributed by atoms with Gasteiger partial charge in [0, 0.05) is 32.4 Å². The third-order valence-electron chi connectivity index (χ3n) is 5.55. The summed E-state index contributed by atoms with van der Waals surface area (Å²) in [7, 11) is 0. The Labute approximate surface area is 196 Å². The highest BCUT2D eigenvalue weighted by molar-refractivity contribution is 5.93. The van der Waals surface area contributed by atoms with Crippen molar-refractivity contribution in [2.75, 3.05) is 13.2 Å².